The number of benzene rings is 1. The minimum Gasteiger partial charge on any atom is -0.491 e. The molecule has 2 rings (SSSR count). The molecule has 0 bridgehead atoms. The van der Waals surface area contributed by atoms with Crippen molar-refractivity contribution < 1.29 is 9.53 Å². The zero-order valence-electron chi connectivity index (χ0n) is 8.62. The highest BCUT2D eigenvalue weighted by atomic mass is 16.5. The molecule has 1 aliphatic heterocycles. The molecule has 0 saturated carbocycles. The Kier molecular flexibility index (Phi) is 2.60. The molecule has 0 aromatic heterocycles. The highest BCUT2D eigenvalue weighted by Gasteiger charge is 2.20. The second kappa shape index (κ2) is 3.90. The zero-order valence-corrected chi connectivity index (χ0v) is 8.62. The summed E-state index contributed by atoms with van der Waals surface area (Å²) in [6, 6.07) is 5.58. The Bertz CT molecular complexity index is 390. The van der Waals surface area contributed by atoms with Crippen LogP contribution < -0.4 is 15.8 Å². The van der Waals surface area contributed by atoms with E-state index < -0.39 is 0 Å². The van der Waals surface area contributed by atoms with Crippen LogP contribution in [0.1, 0.15) is 12.5 Å². The van der Waals surface area contributed by atoms with Gasteiger partial charge in [0.25, 0.3) is 0 Å². The first-order chi connectivity index (χ1) is 7.20. The standard InChI is InChI=1S/C11H14N2O2/c1-7-6-15-10-4-8(5-12)2-3-9(10)13-11(7)14/h2-4,7H,5-6,12H2,1H3,(H,13,14). The fraction of sp³-hybridized carbons (Fsp3) is 0.364. The van der Waals surface area contributed by atoms with Crippen LogP contribution in [0.25, 0.3) is 0 Å². The average molecular weight is 206 g/mol. The number of fused-ring (bicyclic) bond motifs is 1. The lowest BCUT2D eigenvalue weighted by Gasteiger charge is -2.08. The molecule has 0 radical (unpaired) electrons. The molecule has 4 heteroatoms. The van der Waals surface area contributed by atoms with Crippen LogP contribution in [-0.2, 0) is 11.3 Å². The van der Waals surface area contributed by atoms with Crippen LogP contribution in [0, 0.1) is 5.92 Å². The van der Waals surface area contributed by atoms with Crippen molar-refractivity contribution in [1.29, 1.82) is 0 Å². The largest absolute Gasteiger partial charge is 0.491 e. The Labute approximate surface area is 88.4 Å². The van der Waals surface area contributed by atoms with E-state index in [1.807, 2.05) is 25.1 Å². The second-order valence-corrected chi connectivity index (χ2v) is 3.74. The Balaban J connectivity index is 2.34. The van der Waals surface area contributed by atoms with E-state index >= 15 is 0 Å². The lowest BCUT2D eigenvalue weighted by molar-refractivity contribution is -0.119. The van der Waals surface area contributed by atoms with Gasteiger partial charge in [-0.1, -0.05) is 13.0 Å². The van der Waals surface area contributed by atoms with Crippen molar-refractivity contribution in [3.8, 4) is 5.75 Å². The second-order valence-electron chi connectivity index (χ2n) is 3.74. The minimum absolute atomic E-state index is 0.00533. The SMILES string of the molecule is CC1COc2cc(CN)ccc2NC1=O. The van der Waals surface area contributed by atoms with Gasteiger partial charge in [0.05, 0.1) is 18.2 Å². The fourth-order valence-electron chi connectivity index (χ4n) is 1.46. The van der Waals surface area contributed by atoms with Crippen LogP contribution in [0.2, 0.25) is 0 Å². The summed E-state index contributed by atoms with van der Waals surface area (Å²) < 4.78 is 5.53. The van der Waals surface area contributed by atoms with E-state index in [4.69, 9.17) is 10.5 Å². The van der Waals surface area contributed by atoms with Crippen molar-refractivity contribution in [2.75, 3.05) is 11.9 Å². The highest BCUT2D eigenvalue weighted by molar-refractivity contribution is 5.94. The number of carbonyl (C=O) groups excluding carboxylic acids is 1. The molecule has 1 unspecified atom stereocenters. The van der Waals surface area contributed by atoms with Crippen molar-refractivity contribution in [3.05, 3.63) is 23.8 Å². The van der Waals surface area contributed by atoms with Crippen LogP contribution >= 0.6 is 0 Å². The zero-order chi connectivity index (χ0) is 10.8. The van der Waals surface area contributed by atoms with Crippen molar-refractivity contribution in [3.63, 3.8) is 0 Å². The average Bonchev–Trinajstić information content (AvgIpc) is 2.39. The lowest BCUT2D eigenvalue weighted by atomic mass is 10.2. The third kappa shape index (κ3) is 1.94. The number of ether oxygens (including phenoxy) is 1. The lowest BCUT2D eigenvalue weighted by Crippen LogP contribution is -2.21. The van der Waals surface area contributed by atoms with Crippen LogP contribution in [0.4, 0.5) is 5.69 Å². The first kappa shape index (κ1) is 9.98. The number of carbonyl (C=O) groups is 1. The van der Waals surface area contributed by atoms with Crippen molar-refractivity contribution in [1.82, 2.24) is 0 Å². The topological polar surface area (TPSA) is 64.3 Å². The van der Waals surface area contributed by atoms with Gasteiger partial charge in [0.2, 0.25) is 5.91 Å². The summed E-state index contributed by atoms with van der Waals surface area (Å²) >= 11 is 0. The third-order valence-electron chi connectivity index (χ3n) is 2.48. The maximum absolute atomic E-state index is 11.5. The Morgan fingerprint density at radius 1 is 1.60 bits per heavy atom. The van der Waals surface area contributed by atoms with E-state index in [1.54, 1.807) is 0 Å². The van der Waals surface area contributed by atoms with Gasteiger partial charge in [-0.3, -0.25) is 4.79 Å². The number of anilines is 1. The van der Waals surface area contributed by atoms with E-state index in [0.717, 1.165) is 11.3 Å². The summed E-state index contributed by atoms with van der Waals surface area (Å²) in [4.78, 5) is 11.5. The molecule has 1 atom stereocenters. The van der Waals surface area contributed by atoms with Crippen molar-refractivity contribution in [2.24, 2.45) is 11.7 Å². The van der Waals surface area contributed by atoms with Crippen molar-refractivity contribution >= 4 is 11.6 Å². The third-order valence-corrected chi connectivity index (χ3v) is 2.48. The number of hydrogen-bond acceptors (Lipinski definition) is 3. The molecule has 1 heterocycles. The van der Waals surface area contributed by atoms with Gasteiger partial charge in [0.1, 0.15) is 5.75 Å². The fourth-order valence-corrected chi connectivity index (χ4v) is 1.46. The van der Waals surface area contributed by atoms with E-state index in [9.17, 15) is 4.79 Å². The normalized spacial score (nSPS) is 19.9. The Hall–Kier alpha value is -1.55. The smallest absolute Gasteiger partial charge is 0.230 e. The van der Waals surface area contributed by atoms with Gasteiger partial charge in [-0.15, -0.1) is 0 Å². The van der Waals surface area contributed by atoms with Crippen LogP contribution in [-0.4, -0.2) is 12.5 Å². The molecule has 80 valence electrons. The van der Waals surface area contributed by atoms with Gasteiger partial charge in [0.15, 0.2) is 0 Å². The Morgan fingerprint density at radius 3 is 3.13 bits per heavy atom. The number of amides is 1. The molecule has 1 aliphatic rings. The summed E-state index contributed by atoms with van der Waals surface area (Å²) in [6.45, 7) is 2.72. The van der Waals surface area contributed by atoms with E-state index in [-0.39, 0.29) is 11.8 Å². The van der Waals surface area contributed by atoms with Gasteiger partial charge in [-0.05, 0) is 17.7 Å². The summed E-state index contributed by atoms with van der Waals surface area (Å²) in [5.41, 5.74) is 7.26. The minimum atomic E-state index is -0.126. The molecule has 1 aromatic carbocycles. The number of nitrogens with two attached hydrogens (primary N) is 1. The first-order valence-electron chi connectivity index (χ1n) is 4.97. The quantitative estimate of drug-likeness (QED) is 0.723. The van der Waals surface area contributed by atoms with Gasteiger partial charge in [-0.25, -0.2) is 0 Å². The predicted molar refractivity (Wildman–Crippen MR) is 57.6 cm³/mol. The molecule has 3 N–H and O–H groups in total. The Morgan fingerprint density at radius 2 is 2.40 bits per heavy atom. The molecule has 0 aliphatic carbocycles. The molecule has 1 amide bonds. The molecule has 0 fully saturated rings. The molecule has 15 heavy (non-hydrogen) atoms. The van der Waals surface area contributed by atoms with Crippen molar-refractivity contribution in [2.45, 2.75) is 13.5 Å². The van der Waals surface area contributed by atoms with Crippen LogP contribution in [0.5, 0.6) is 5.75 Å². The van der Waals surface area contributed by atoms with Gasteiger partial charge >= 0.3 is 0 Å². The van der Waals surface area contributed by atoms with Gasteiger partial charge in [0, 0.05) is 6.54 Å². The molecule has 0 spiro atoms. The highest BCUT2D eigenvalue weighted by Crippen LogP contribution is 2.28. The first-order valence-corrected chi connectivity index (χ1v) is 4.97. The molecule has 4 nitrogen and oxygen atoms in total. The molecular formula is C11H14N2O2. The number of nitrogens with one attached hydrogen (secondary N) is 1. The summed E-state index contributed by atoms with van der Waals surface area (Å²) in [6.07, 6.45) is 0. The van der Waals surface area contributed by atoms with Crippen LogP contribution in [0.15, 0.2) is 18.2 Å². The van der Waals surface area contributed by atoms with E-state index in [2.05, 4.69) is 5.32 Å². The summed E-state index contributed by atoms with van der Waals surface area (Å²) in [7, 11) is 0. The summed E-state index contributed by atoms with van der Waals surface area (Å²) in [5.74, 6) is 0.573. The maximum Gasteiger partial charge on any atom is 0.230 e. The predicted octanol–water partition coefficient (Wildman–Crippen LogP) is 1.11. The van der Waals surface area contributed by atoms with Crippen LogP contribution in [0.3, 0.4) is 0 Å². The van der Waals surface area contributed by atoms with E-state index in [0.29, 0.717) is 18.9 Å². The molecule has 0 saturated heterocycles. The van der Waals surface area contributed by atoms with Gasteiger partial charge < -0.3 is 15.8 Å². The van der Waals surface area contributed by atoms with E-state index in [1.165, 1.54) is 0 Å². The maximum atomic E-state index is 11.5. The monoisotopic (exact) mass is 206 g/mol. The summed E-state index contributed by atoms with van der Waals surface area (Å²) in [5, 5.41) is 2.82. The molecule has 1 aromatic rings. The van der Waals surface area contributed by atoms with Gasteiger partial charge in [-0.2, -0.15) is 0 Å². The number of hydrogen-bond donors (Lipinski definition) is 2. The molecular weight excluding hydrogens is 192 g/mol. The number of rotatable bonds is 1.